The number of aryl methyl sites for hydroxylation is 1. The molecule has 0 unspecified atom stereocenters. The van der Waals surface area contributed by atoms with Crippen molar-refractivity contribution < 1.29 is 14.3 Å². The number of ether oxygens (including phenoxy) is 2. The summed E-state index contributed by atoms with van der Waals surface area (Å²) in [4.78, 5) is 16.2. The van der Waals surface area contributed by atoms with Gasteiger partial charge in [0.25, 0.3) is 0 Å². The van der Waals surface area contributed by atoms with Crippen molar-refractivity contribution in [3.8, 4) is 5.88 Å². The van der Waals surface area contributed by atoms with Crippen molar-refractivity contribution in [2.24, 2.45) is 0 Å². The SMILES string of the molecule is Cc1cnn2cc(Cl)nc(OC3(C)CC(NC(=O)OC(C)(C)C)C3)c12. The number of hydrogen-bond acceptors (Lipinski definition) is 5. The van der Waals surface area contributed by atoms with Crippen molar-refractivity contribution in [1.82, 2.24) is 19.9 Å². The van der Waals surface area contributed by atoms with E-state index in [9.17, 15) is 4.79 Å². The maximum Gasteiger partial charge on any atom is 0.407 e. The average molecular weight is 367 g/mol. The molecule has 0 radical (unpaired) electrons. The van der Waals surface area contributed by atoms with Crippen LogP contribution in [0.4, 0.5) is 4.79 Å². The number of nitrogens with one attached hydrogen (secondary N) is 1. The van der Waals surface area contributed by atoms with Crippen LogP contribution in [0.3, 0.4) is 0 Å². The number of carbonyl (C=O) groups excluding carboxylic acids is 1. The van der Waals surface area contributed by atoms with Crippen LogP contribution in [0.1, 0.15) is 46.1 Å². The Kier molecular flexibility index (Phi) is 4.31. The van der Waals surface area contributed by atoms with Crippen LogP contribution in [0.5, 0.6) is 5.88 Å². The van der Waals surface area contributed by atoms with E-state index in [4.69, 9.17) is 21.1 Å². The van der Waals surface area contributed by atoms with Gasteiger partial charge in [-0.25, -0.2) is 9.31 Å². The van der Waals surface area contributed by atoms with Crippen LogP contribution in [0.25, 0.3) is 5.52 Å². The van der Waals surface area contributed by atoms with Gasteiger partial charge in [-0.3, -0.25) is 0 Å². The van der Waals surface area contributed by atoms with Crippen LogP contribution in [0, 0.1) is 6.92 Å². The van der Waals surface area contributed by atoms with Crippen molar-refractivity contribution in [3.05, 3.63) is 23.1 Å². The number of nitrogens with zero attached hydrogens (tertiary/aromatic N) is 3. The topological polar surface area (TPSA) is 77.8 Å². The van der Waals surface area contributed by atoms with Crippen molar-refractivity contribution >= 4 is 23.2 Å². The number of amides is 1. The second-order valence-corrected chi connectivity index (χ2v) is 8.18. The highest BCUT2D eigenvalue weighted by Gasteiger charge is 2.44. The van der Waals surface area contributed by atoms with Crippen LogP contribution in [0.15, 0.2) is 12.4 Å². The fourth-order valence-corrected chi connectivity index (χ4v) is 3.21. The van der Waals surface area contributed by atoms with Crippen molar-refractivity contribution in [3.63, 3.8) is 0 Å². The number of hydrogen-bond donors (Lipinski definition) is 1. The van der Waals surface area contributed by atoms with Gasteiger partial charge in [0.1, 0.15) is 16.7 Å². The predicted molar refractivity (Wildman–Crippen MR) is 94.2 cm³/mol. The Balaban J connectivity index is 1.66. The van der Waals surface area contributed by atoms with E-state index < -0.39 is 17.3 Å². The van der Waals surface area contributed by atoms with Crippen LogP contribution in [-0.2, 0) is 4.74 Å². The molecular weight excluding hydrogens is 344 g/mol. The Hall–Kier alpha value is -2.02. The van der Waals surface area contributed by atoms with Gasteiger partial charge in [-0.1, -0.05) is 11.6 Å². The summed E-state index contributed by atoms with van der Waals surface area (Å²) in [7, 11) is 0. The lowest BCUT2D eigenvalue weighted by molar-refractivity contribution is -0.0217. The largest absolute Gasteiger partial charge is 0.470 e. The van der Waals surface area contributed by atoms with E-state index in [1.807, 2.05) is 34.6 Å². The van der Waals surface area contributed by atoms with Gasteiger partial charge in [-0.05, 0) is 34.6 Å². The van der Waals surface area contributed by atoms with E-state index >= 15 is 0 Å². The van der Waals surface area contributed by atoms with E-state index in [1.54, 1.807) is 16.9 Å². The zero-order valence-electron chi connectivity index (χ0n) is 15.1. The van der Waals surface area contributed by atoms with Crippen molar-refractivity contribution in [2.45, 2.75) is 64.7 Å². The second kappa shape index (κ2) is 6.05. The summed E-state index contributed by atoms with van der Waals surface area (Å²) in [6.07, 6.45) is 4.32. The Morgan fingerprint density at radius 2 is 2.12 bits per heavy atom. The normalized spacial score (nSPS) is 23.2. The molecule has 2 aromatic rings. The molecule has 25 heavy (non-hydrogen) atoms. The van der Waals surface area contributed by atoms with E-state index in [0.29, 0.717) is 23.9 Å². The molecule has 7 nitrogen and oxygen atoms in total. The van der Waals surface area contributed by atoms with E-state index in [-0.39, 0.29) is 6.04 Å². The van der Waals surface area contributed by atoms with Crippen molar-refractivity contribution in [2.75, 3.05) is 0 Å². The van der Waals surface area contributed by atoms with E-state index in [2.05, 4.69) is 15.4 Å². The predicted octanol–water partition coefficient (Wildman–Crippen LogP) is 3.52. The third-order valence-corrected chi connectivity index (χ3v) is 4.22. The molecule has 8 heteroatoms. The first-order chi connectivity index (χ1) is 11.5. The lowest BCUT2D eigenvalue weighted by Gasteiger charge is -2.44. The smallest absolute Gasteiger partial charge is 0.407 e. The lowest BCUT2D eigenvalue weighted by Crippen LogP contribution is -2.57. The summed E-state index contributed by atoms with van der Waals surface area (Å²) >= 11 is 6.06. The highest BCUT2D eigenvalue weighted by molar-refractivity contribution is 6.29. The van der Waals surface area contributed by atoms with Crippen LogP contribution in [-0.4, -0.2) is 37.9 Å². The summed E-state index contributed by atoms with van der Waals surface area (Å²) < 4.78 is 13.1. The Morgan fingerprint density at radius 1 is 1.44 bits per heavy atom. The van der Waals surface area contributed by atoms with Gasteiger partial charge in [0, 0.05) is 24.4 Å². The first-order valence-corrected chi connectivity index (χ1v) is 8.61. The Morgan fingerprint density at radius 3 is 2.76 bits per heavy atom. The Bertz CT molecular complexity index is 806. The fraction of sp³-hybridized carbons (Fsp3) is 0.588. The van der Waals surface area contributed by atoms with E-state index in [0.717, 1.165) is 11.1 Å². The molecule has 1 fully saturated rings. The molecule has 0 atom stereocenters. The highest BCUT2D eigenvalue weighted by Crippen LogP contribution is 2.38. The minimum Gasteiger partial charge on any atom is -0.470 e. The van der Waals surface area contributed by atoms with Gasteiger partial charge in [-0.15, -0.1) is 0 Å². The van der Waals surface area contributed by atoms with Crippen LogP contribution < -0.4 is 10.1 Å². The van der Waals surface area contributed by atoms with E-state index in [1.165, 1.54) is 0 Å². The molecule has 2 aromatic heterocycles. The number of halogens is 1. The first-order valence-electron chi connectivity index (χ1n) is 8.24. The zero-order chi connectivity index (χ0) is 18.4. The average Bonchev–Trinajstić information content (AvgIpc) is 2.76. The summed E-state index contributed by atoms with van der Waals surface area (Å²) in [5.74, 6) is 0.459. The lowest BCUT2D eigenvalue weighted by atomic mass is 9.77. The molecule has 2 heterocycles. The molecule has 136 valence electrons. The first kappa shape index (κ1) is 17.8. The molecule has 1 saturated carbocycles. The molecular formula is C17H23ClN4O3. The molecule has 3 rings (SSSR count). The van der Waals surface area contributed by atoms with Crippen LogP contribution >= 0.6 is 11.6 Å². The summed E-state index contributed by atoms with van der Waals surface area (Å²) in [6.45, 7) is 9.45. The fourth-order valence-electron chi connectivity index (χ4n) is 3.04. The summed E-state index contributed by atoms with van der Waals surface area (Å²) in [5.41, 5.74) is 0.831. The quantitative estimate of drug-likeness (QED) is 0.899. The zero-order valence-corrected chi connectivity index (χ0v) is 15.8. The maximum atomic E-state index is 11.8. The molecule has 1 aliphatic rings. The molecule has 1 amide bonds. The number of rotatable bonds is 3. The number of fused-ring (bicyclic) bond motifs is 1. The molecule has 0 bridgehead atoms. The third kappa shape index (κ3) is 3.98. The maximum absolute atomic E-state index is 11.8. The molecule has 0 spiro atoms. The van der Waals surface area contributed by atoms with Gasteiger partial charge < -0.3 is 14.8 Å². The van der Waals surface area contributed by atoms with Gasteiger partial charge in [0.15, 0.2) is 5.15 Å². The third-order valence-electron chi connectivity index (χ3n) is 4.04. The molecule has 1 aliphatic carbocycles. The van der Waals surface area contributed by atoms with Gasteiger partial charge in [0.05, 0.1) is 12.4 Å². The Labute approximate surface area is 151 Å². The monoisotopic (exact) mass is 366 g/mol. The molecule has 0 saturated heterocycles. The second-order valence-electron chi connectivity index (χ2n) is 7.79. The summed E-state index contributed by atoms with van der Waals surface area (Å²) in [5, 5.41) is 7.42. The van der Waals surface area contributed by atoms with Crippen LogP contribution in [0.2, 0.25) is 5.15 Å². The minimum atomic E-state index is -0.510. The number of carbonyl (C=O) groups is 1. The van der Waals surface area contributed by atoms with Gasteiger partial charge in [-0.2, -0.15) is 10.1 Å². The van der Waals surface area contributed by atoms with Crippen molar-refractivity contribution in [1.29, 1.82) is 0 Å². The molecule has 1 N–H and O–H groups in total. The molecule has 0 aliphatic heterocycles. The number of alkyl carbamates (subject to hydrolysis) is 1. The minimum absolute atomic E-state index is 0.0149. The van der Waals surface area contributed by atoms with Gasteiger partial charge in [0.2, 0.25) is 5.88 Å². The highest BCUT2D eigenvalue weighted by atomic mass is 35.5. The number of aromatic nitrogens is 3. The molecule has 0 aromatic carbocycles. The standard InChI is InChI=1S/C17H23ClN4O3/c1-10-8-19-22-9-12(18)21-14(13(10)22)24-17(5)6-11(7-17)20-15(23)25-16(2,3)4/h8-9,11H,6-7H2,1-5H3,(H,20,23). The summed E-state index contributed by atoms with van der Waals surface area (Å²) in [6, 6.07) is 0.0149. The van der Waals surface area contributed by atoms with Gasteiger partial charge >= 0.3 is 6.09 Å².